The van der Waals surface area contributed by atoms with Crippen LogP contribution in [-0.2, 0) is 6.42 Å². The average molecular weight is 273 g/mol. The van der Waals surface area contributed by atoms with Crippen LogP contribution in [0.3, 0.4) is 0 Å². The topological polar surface area (TPSA) is 49.9 Å². The third kappa shape index (κ3) is 4.10. The minimum absolute atomic E-state index is 0.284. The second kappa shape index (κ2) is 7.70. The van der Waals surface area contributed by atoms with Crippen LogP contribution in [0.2, 0.25) is 0 Å². The van der Waals surface area contributed by atoms with Crippen LogP contribution in [0, 0.1) is 0 Å². The summed E-state index contributed by atoms with van der Waals surface area (Å²) in [6.07, 6.45) is 6.86. The van der Waals surface area contributed by atoms with E-state index in [4.69, 9.17) is 4.74 Å². The number of aromatic amines is 1. The zero-order valence-corrected chi connectivity index (χ0v) is 12.2. The van der Waals surface area contributed by atoms with Gasteiger partial charge in [0, 0.05) is 12.4 Å². The standard InChI is InChI=1S/C16H23N3O/c1-3-10-17-15(16-18-11-12-19-16)9-6-13-4-7-14(20-2)8-5-13/h4-5,7-8,11-12,15,17H,3,6,9-10H2,1-2H3,(H,18,19). The fraction of sp³-hybridized carbons (Fsp3) is 0.438. The molecule has 0 bridgehead atoms. The van der Waals surface area contributed by atoms with Gasteiger partial charge in [-0.3, -0.25) is 0 Å². The van der Waals surface area contributed by atoms with Gasteiger partial charge in [0.05, 0.1) is 13.2 Å². The average Bonchev–Trinajstić information content (AvgIpc) is 3.02. The molecule has 4 heteroatoms. The number of hydrogen-bond acceptors (Lipinski definition) is 3. The second-order valence-corrected chi connectivity index (χ2v) is 4.87. The molecule has 0 aliphatic heterocycles. The van der Waals surface area contributed by atoms with Gasteiger partial charge in [-0.1, -0.05) is 19.1 Å². The van der Waals surface area contributed by atoms with E-state index in [0.717, 1.165) is 37.4 Å². The molecule has 0 saturated heterocycles. The second-order valence-electron chi connectivity index (χ2n) is 4.87. The zero-order chi connectivity index (χ0) is 14.2. The summed E-state index contributed by atoms with van der Waals surface area (Å²) in [4.78, 5) is 7.58. The number of nitrogens with zero attached hydrogens (tertiary/aromatic N) is 1. The van der Waals surface area contributed by atoms with Gasteiger partial charge in [0.1, 0.15) is 11.6 Å². The highest BCUT2D eigenvalue weighted by molar-refractivity contribution is 5.27. The van der Waals surface area contributed by atoms with Gasteiger partial charge in [-0.2, -0.15) is 0 Å². The monoisotopic (exact) mass is 273 g/mol. The summed E-state index contributed by atoms with van der Waals surface area (Å²) < 4.78 is 5.18. The lowest BCUT2D eigenvalue weighted by atomic mass is 10.0. The van der Waals surface area contributed by atoms with E-state index in [1.165, 1.54) is 5.56 Å². The molecule has 0 amide bonds. The number of rotatable bonds is 8. The molecule has 2 N–H and O–H groups in total. The molecule has 0 spiro atoms. The minimum Gasteiger partial charge on any atom is -0.497 e. The summed E-state index contributed by atoms with van der Waals surface area (Å²) in [7, 11) is 1.69. The maximum Gasteiger partial charge on any atom is 0.123 e. The van der Waals surface area contributed by atoms with E-state index in [9.17, 15) is 0 Å². The molecule has 0 aliphatic carbocycles. The van der Waals surface area contributed by atoms with Crippen molar-refractivity contribution in [3.63, 3.8) is 0 Å². The lowest BCUT2D eigenvalue weighted by molar-refractivity contribution is 0.414. The molecule has 108 valence electrons. The predicted molar refractivity (Wildman–Crippen MR) is 80.9 cm³/mol. The van der Waals surface area contributed by atoms with Crippen molar-refractivity contribution in [3.8, 4) is 5.75 Å². The number of hydrogen-bond donors (Lipinski definition) is 2. The molecule has 0 aliphatic rings. The summed E-state index contributed by atoms with van der Waals surface area (Å²) in [5.74, 6) is 1.92. The Morgan fingerprint density at radius 2 is 2.10 bits per heavy atom. The van der Waals surface area contributed by atoms with E-state index in [0.29, 0.717) is 0 Å². The molecule has 1 heterocycles. The van der Waals surface area contributed by atoms with E-state index in [1.807, 2.05) is 24.5 Å². The minimum atomic E-state index is 0.284. The van der Waals surface area contributed by atoms with Crippen LogP contribution < -0.4 is 10.1 Å². The summed E-state index contributed by atoms with van der Waals surface area (Å²) in [5.41, 5.74) is 1.32. The fourth-order valence-electron chi connectivity index (χ4n) is 2.23. The maximum absolute atomic E-state index is 5.18. The Labute approximate surface area is 120 Å². The van der Waals surface area contributed by atoms with Crippen molar-refractivity contribution in [1.82, 2.24) is 15.3 Å². The number of ether oxygens (including phenoxy) is 1. The molecule has 4 nitrogen and oxygen atoms in total. The van der Waals surface area contributed by atoms with Gasteiger partial charge in [-0.15, -0.1) is 0 Å². The van der Waals surface area contributed by atoms with Gasteiger partial charge in [0.25, 0.3) is 0 Å². The molecule has 1 atom stereocenters. The van der Waals surface area contributed by atoms with Crippen LogP contribution in [0.15, 0.2) is 36.7 Å². The number of H-pyrrole nitrogens is 1. The molecular weight excluding hydrogens is 250 g/mol. The molecule has 1 aromatic heterocycles. The highest BCUT2D eigenvalue weighted by Crippen LogP contribution is 2.18. The predicted octanol–water partition coefficient (Wildman–Crippen LogP) is 3.09. The van der Waals surface area contributed by atoms with Gasteiger partial charge < -0.3 is 15.0 Å². The SMILES string of the molecule is CCCNC(CCc1ccc(OC)cc1)c1ncc[nH]1. The van der Waals surface area contributed by atoms with Crippen molar-refractivity contribution in [2.45, 2.75) is 32.2 Å². The number of aromatic nitrogens is 2. The Kier molecular flexibility index (Phi) is 5.62. The first-order valence-corrected chi connectivity index (χ1v) is 7.19. The number of nitrogens with one attached hydrogen (secondary N) is 2. The number of aryl methyl sites for hydroxylation is 1. The zero-order valence-electron chi connectivity index (χ0n) is 12.2. The van der Waals surface area contributed by atoms with E-state index in [1.54, 1.807) is 7.11 Å². The van der Waals surface area contributed by atoms with E-state index in [-0.39, 0.29) is 6.04 Å². The lowest BCUT2D eigenvalue weighted by Crippen LogP contribution is -2.23. The summed E-state index contributed by atoms with van der Waals surface area (Å²) >= 11 is 0. The van der Waals surface area contributed by atoms with Crippen LogP contribution in [0.25, 0.3) is 0 Å². The quantitative estimate of drug-likeness (QED) is 0.777. The van der Waals surface area contributed by atoms with E-state index in [2.05, 4.69) is 34.3 Å². The molecule has 0 saturated carbocycles. The number of methoxy groups -OCH3 is 1. The first kappa shape index (κ1) is 14.6. The van der Waals surface area contributed by atoms with E-state index >= 15 is 0 Å². The highest BCUT2D eigenvalue weighted by atomic mass is 16.5. The number of imidazole rings is 1. The van der Waals surface area contributed by atoms with Gasteiger partial charge >= 0.3 is 0 Å². The van der Waals surface area contributed by atoms with E-state index < -0.39 is 0 Å². The van der Waals surface area contributed by atoms with Crippen molar-refractivity contribution in [2.75, 3.05) is 13.7 Å². The smallest absolute Gasteiger partial charge is 0.123 e. The molecule has 1 aromatic carbocycles. The van der Waals surface area contributed by atoms with Crippen molar-refractivity contribution < 1.29 is 4.74 Å². The highest BCUT2D eigenvalue weighted by Gasteiger charge is 2.12. The third-order valence-corrected chi connectivity index (χ3v) is 3.37. The van der Waals surface area contributed by atoms with Crippen molar-refractivity contribution >= 4 is 0 Å². The fourth-order valence-corrected chi connectivity index (χ4v) is 2.23. The third-order valence-electron chi connectivity index (χ3n) is 3.37. The van der Waals surface area contributed by atoms with Crippen molar-refractivity contribution in [1.29, 1.82) is 0 Å². The van der Waals surface area contributed by atoms with Crippen LogP contribution in [0.4, 0.5) is 0 Å². The van der Waals surface area contributed by atoms with Gasteiger partial charge in [0.15, 0.2) is 0 Å². The first-order valence-electron chi connectivity index (χ1n) is 7.19. The molecule has 20 heavy (non-hydrogen) atoms. The maximum atomic E-state index is 5.18. The summed E-state index contributed by atoms with van der Waals surface area (Å²) in [6, 6.07) is 8.55. The molecule has 1 unspecified atom stereocenters. The Hall–Kier alpha value is -1.81. The van der Waals surface area contributed by atoms with Crippen LogP contribution in [0.5, 0.6) is 5.75 Å². The van der Waals surface area contributed by atoms with Crippen molar-refractivity contribution in [2.24, 2.45) is 0 Å². The molecule has 0 radical (unpaired) electrons. The Morgan fingerprint density at radius 3 is 2.70 bits per heavy atom. The number of benzene rings is 1. The van der Waals surface area contributed by atoms with Crippen molar-refractivity contribution in [3.05, 3.63) is 48.0 Å². The summed E-state index contributed by atoms with van der Waals surface area (Å²) in [5, 5.41) is 3.55. The lowest BCUT2D eigenvalue weighted by Gasteiger charge is -2.16. The van der Waals surface area contributed by atoms with Crippen LogP contribution in [-0.4, -0.2) is 23.6 Å². The molecular formula is C16H23N3O. The van der Waals surface area contributed by atoms with Gasteiger partial charge in [0.2, 0.25) is 0 Å². The van der Waals surface area contributed by atoms with Gasteiger partial charge in [-0.25, -0.2) is 4.98 Å². The normalized spacial score (nSPS) is 12.3. The Balaban J connectivity index is 1.93. The van der Waals surface area contributed by atoms with Gasteiger partial charge in [-0.05, 0) is 43.5 Å². The largest absolute Gasteiger partial charge is 0.497 e. The molecule has 2 rings (SSSR count). The Bertz CT molecular complexity index is 479. The molecule has 2 aromatic rings. The first-order chi connectivity index (χ1) is 9.83. The van der Waals surface area contributed by atoms with Crippen LogP contribution >= 0.6 is 0 Å². The molecule has 0 fully saturated rings. The van der Waals surface area contributed by atoms with Crippen LogP contribution in [0.1, 0.15) is 37.2 Å². The Morgan fingerprint density at radius 1 is 1.30 bits per heavy atom. The summed E-state index contributed by atoms with van der Waals surface area (Å²) in [6.45, 7) is 3.18.